The summed E-state index contributed by atoms with van der Waals surface area (Å²) in [5.74, 6) is -2.81. The number of carbonyl (C=O) groups excluding carboxylic acids is 1. The second kappa shape index (κ2) is 7.05. The number of nitrogens with two attached hydrogens (primary N) is 1. The van der Waals surface area contributed by atoms with Gasteiger partial charge in [0, 0.05) is 10.9 Å². The first-order valence-corrected chi connectivity index (χ1v) is 6.25. The smallest absolute Gasteiger partial charge is 0.336 e. The summed E-state index contributed by atoms with van der Waals surface area (Å²) in [6.07, 6.45) is 0. The second-order valence-electron chi connectivity index (χ2n) is 3.53. The number of thiophene rings is 1. The Bertz CT molecular complexity index is 588. The Kier molecular flexibility index (Phi) is 5.42. The highest BCUT2D eigenvalue weighted by molar-refractivity contribution is 7.08. The van der Waals surface area contributed by atoms with Gasteiger partial charge in [-0.25, -0.2) is 9.59 Å². The van der Waals surface area contributed by atoms with Crippen LogP contribution in [0.5, 0.6) is 0 Å². The summed E-state index contributed by atoms with van der Waals surface area (Å²) in [6.45, 7) is 0. The highest BCUT2D eigenvalue weighted by atomic mass is 32.1. The molecule has 0 aliphatic carbocycles. The summed E-state index contributed by atoms with van der Waals surface area (Å²) in [5.41, 5.74) is 5.14. The van der Waals surface area contributed by atoms with Crippen LogP contribution in [-0.2, 0) is 0 Å². The highest BCUT2D eigenvalue weighted by Gasteiger charge is 2.13. The first kappa shape index (κ1) is 15.4. The summed E-state index contributed by atoms with van der Waals surface area (Å²) >= 11 is 1.47. The van der Waals surface area contributed by atoms with Crippen molar-refractivity contribution in [3.05, 3.63) is 57.8 Å². The molecule has 0 spiro atoms. The molecule has 1 aromatic heterocycles. The molecule has 0 bridgehead atoms. The van der Waals surface area contributed by atoms with Crippen LogP contribution < -0.4 is 5.73 Å². The molecule has 4 N–H and O–H groups in total. The predicted octanol–water partition coefficient (Wildman–Crippen LogP) is 1.93. The number of amides is 1. The summed E-state index contributed by atoms with van der Waals surface area (Å²) in [6, 6.07) is 7.18. The van der Waals surface area contributed by atoms with Crippen molar-refractivity contribution in [1.82, 2.24) is 0 Å². The van der Waals surface area contributed by atoms with Crippen LogP contribution in [0.2, 0.25) is 0 Å². The number of carboxylic acid groups (broad SMARTS) is 2. The van der Waals surface area contributed by atoms with Crippen LogP contribution in [0.1, 0.15) is 31.1 Å². The zero-order valence-electron chi connectivity index (χ0n) is 10.1. The van der Waals surface area contributed by atoms with Crippen molar-refractivity contribution >= 4 is 29.2 Å². The Morgan fingerprint density at radius 2 is 1.45 bits per heavy atom. The van der Waals surface area contributed by atoms with Crippen molar-refractivity contribution in [2.45, 2.75) is 0 Å². The topological polar surface area (TPSA) is 118 Å². The fourth-order valence-electron chi connectivity index (χ4n) is 1.26. The summed E-state index contributed by atoms with van der Waals surface area (Å²) < 4.78 is 0. The molecule has 20 heavy (non-hydrogen) atoms. The molecule has 1 aromatic carbocycles. The standard InChI is InChI=1S/C8H6O4.C5H5NOS/c9-7(10)5-3-1-2-4-6(5)8(11)12;6-5(7)4-1-2-8-3-4/h1-4H,(H,9,10)(H,11,12);1-3H,(H2,6,7). The Labute approximate surface area is 118 Å². The Morgan fingerprint density at radius 3 is 1.70 bits per heavy atom. The van der Waals surface area contributed by atoms with E-state index in [1.165, 1.54) is 35.6 Å². The number of carbonyl (C=O) groups is 3. The molecule has 6 nitrogen and oxygen atoms in total. The minimum absolute atomic E-state index is 0.190. The van der Waals surface area contributed by atoms with Crippen LogP contribution in [0, 0.1) is 0 Å². The zero-order chi connectivity index (χ0) is 15.1. The van der Waals surface area contributed by atoms with Crippen LogP contribution in [0.4, 0.5) is 0 Å². The molecule has 2 aromatic rings. The lowest BCUT2D eigenvalue weighted by molar-refractivity contribution is 0.0651. The minimum Gasteiger partial charge on any atom is -0.478 e. The molecule has 0 saturated heterocycles. The van der Waals surface area contributed by atoms with Crippen LogP contribution in [0.3, 0.4) is 0 Å². The Morgan fingerprint density at radius 1 is 0.950 bits per heavy atom. The normalized spacial score (nSPS) is 9.20. The van der Waals surface area contributed by atoms with Crippen LogP contribution in [0.15, 0.2) is 41.1 Å². The van der Waals surface area contributed by atoms with Crippen molar-refractivity contribution in [3.63, 3.8) is 0 Å². The van der Waals surface area contributed by atoms with Gasteiger partial charge >= 0.3 is 11.9 Å². The lowest BCUT2D eigenvalue weighted by atomic mass is 10.1. The van der Waals surface area contributed by atoms with E-state index in [1.807, 2.05) is 5.38 Å². The van der Waals surface area contributed by atoms with Gasteiger partial charge in [-0.2, -0.15) is 11.3 Å². The number of rotatable bonds is 3. The van der Waals surface area contributed by atoms with Gasteiger partial charge < -0.3 is 15.9 Å². The quantitative estimate of drug-likeness (QED) is 0.799. The third-order valence-electron chi connectivity index (χ3n) is 2.19. The Balaban J connectivity index is 0.000000217. The van der Waals surface area contributed by atoms with Crippen molar-refractivity contribution in [1.29, 1.82) is 0 Å². The van der Waals surface area contributed by atoms with Gasteiger partial charge in [0.05, 0.1) is 11.1 Å². The van der Waals surface area contributed by atoms with Gasteiger partial charge in [-0.15, -0.1) is 0 Å². The van der Waals surface area contributed by atoms with Crippen LogP contribution in [0.25, 0.3) is 0 Å². The average Bonchev–Trinajstić information content (AvgIpc) is 2.93. The fraction of sp³-hybridized carbons (Fsp3) is 0. The Hall–Kier alpha value is -2.67. The molecule has 1 amide bonds. The van der Waals surface area contributed by atoms with Crippen LogP contribution >= 0.6 is 11.3 Å². The van der Waals surface area contributed by atoms with Gasteiger partial charge in [-0.3, -0.25) is 4.79 Å². The van der Waals surface area contributed by atoms with E-state index in [0.29, 0.717) is 5.56 Å². The van der Waals surface area contributed by atoms with E-state index >= 15 is 0 Å². The van der Waals surface area contributed by atoms with Gasteiger partial charge in [-0.05, 0) is 23.6 Å². The molecule has 0 aliphatic rings. The lowest BCUT2D eigenvalue weighted by Gasteiger charge is -1.98. The van der Waals surface area contributed by atoms with Crippen molar-refractivity contribution < 1.29 is 24.6 Å². The molecule has 104 valence electrons. The molecule has 0 atom stereocenters. The van der Waals surface area contributed by atoms with Gasteiger partial charge in [0.1, 0.15) is 0 Å². The monoisotopic (exact) mass is 293 g/mol. The van der Waals surface area contributed by atoms with E-state index in [9.17, 15) is 14.4 Å². The number of aromatic carboxylic acids is 2. The first-order chi connectivity index (χ1) is 9.43. The molecular formula is C13H11NO5S. The SMILES string of the molecule is NC(=O)c1ccsc1.O=C(O)c1ccccc1C(=O)O. The first-order valence-electron chi connectivity index (χ1n) is 5.31. The maximum Gasteiger partial charge on any atom is 0.336 e. The number of primary amides is 1. The third kappa shape index (κ3) is 4.21. The minimum atomic E-state index is -1.23. The molecular weight excluding hydrogens is 282 g/mol. The third-order valence-corrected chi connectivity index (χ3v) is 2.88. The zero-order valence-corrected chi connectivity index (χ0v) is 11.0. The van der Waals surface area contributed by atoms with Crippen molar-refractivity contribution in [2.75, 3.05) is 0 Å². The van der Waals surface area contributed by atoms with E-state index in [2.05, 4.69) is 0 Å². The maximum absolute atomic E-state index is 10.5. The fourth-order valence-corrected chi connectivity index (χ4v) is 1.91. The number of hydrogen-bond acceptors (Lipinski definition) is 4. The van der Waals surface area contributed by atoms with Gasteiger partial charge in [0.15, 0.2) is 0 Å². The molecule has 0 unspecified atom stereocenters. The van der Waals surface area contributed by atoms with E-state index in [-0.39, 0.29) is 17.0 Å². The van der Waals surface area contributed by atoms with Crippen LogP contribution in [-0.4, -0.2) is 28.1 Å². The predicted molar refractivity (Wildman–Crippen MR) is 73.2 cm³/mol. The van der Waals surface area contributed by atoms with Crippen molar-refractivity contribution in [3.8, 4) is 0 Å². The lowest BCUT2D eigenvalue weighted by Crippen LogP contribution is -2.08. The van der Waals surface area contributed by atoms with Gasteiger partial charge in [0.2, 0.25) is 5.91 Å². The number of benzene rings is 1. The van der Waals surface area contributed by atoms with Gasteiger partial charge in [0.25, 0.3) is 0 Å². The molecule has 1 heterocycles. The highest BCUT2D eigenvalue weighted by Crippen LogP contribution is 2.07. The second-order valence-corrected chi connectivity index (χ2v) is 4.31. The van der Waals surface area contributed by atoms with E-state index < -0.39 is 11.9 Å². The molecule has 7 heteroatoms. The van der Waals surface area contributed by atoms with Crippen molar-refractivity contribution in [2.24, 2.45) is 5.73 Å². The number of carboxylic acids is 2. The molecule has 0 radical (unpaired) electrons. The maximum atomic E-state index is 10.5. The summed E-state index contributed by atoms with van der Waals surface area (Å²) in [5, 5.41) is 20.6. The molecule has 2 rings (SSSR count). The average molecular weight is 293 g/mol. The van der Waals surface area contributed by atoms with E-state index in [4.69, 9.17) is 15.9 Å². The molecule has 0 saturated carbocycles. The molecule has 0 aliphatic heterocycles. The van der Waals surface area contributed by atoms with E-state index in [0.717, 1.165) is 0 Å². The number of hydrogen-bond donors (Lipinski definition) is 3. The van der Waals surface area contributed by atoms with Gasteiger partial charge in [-0.1, -0.05) is 12.1 Å². The summed E-state index contributed by atoms with van der Waals surface area (Å²) in [4.78, 5) is 31.2. The molecule has 0 fully saturated rings. The summed E-state index contributed by atoms with van der Waals surface area (Å²) in [7, 11) is 0. The largest absolute Gasteiger partial charge is 0.478 e. The van der Waals surface area contributed by atoms with E-state index in [1.54, 1.807) is 11.4 Å².